The third-order valence-electron chi connectivity index (χ3n) is 9.17. The monoisotopic (exact) mass is 587 g/mol. The maximum atomic E-state index is 8.73. The average molecular weight is 588 g/mol. The van der Waals surface area contributed by atoms with Crippen LogP contribution in [0.4, 0.5) is 0 Å². The molecule has 0 aromatic heterocycles. The van der Waals surface area contributed by atoms with E-state index in [-0.39, 0.29) is 29.7 Å². The standard InChI is InChI=1S/C46H30/c1-3-15-31(16-4-1)33-25-13-27-38-36(33)26-14-28-39(38)45-40-21-9-11-23-42(40)46(43-24-12-10-22-41(43)45)44-30-29-34(32-17-5-2-6-18-32)35-19-7-8-20-37(35)44/h1-30H/i1D,3D,4D,15D,16D. The van der Waals surface area contributed by atoms with Gasteiger partial charge >= 0.3 is 0 Å². The number of hydrogen-bond acceptors (Lipinski definition) is 0. The molecule has 9 aromatic rings. The van der Waals surface area contributed by atoms with Gasteiger partial charge in [0.1, 0.15) is 0 Å². The van der Waals surface area contributed by atoms with Gasteiger partial charge < -0.3 is 0 Å². The summed E-state index contributed by atoms with van der Waals surface area (Å²) in [6, 6.07) is 51.4. The van der Waals surface area contributed by atoms with Crippen molar-refractivity contribution in [3.8, 4) is 44.5 Å². The lowest BCUT2D eigenvalue weighted by atomic mass is 9.82. The van der Waals surface area contributed by atoms with Crippen molar-refractivity contribution in [2.45, 2.75) is 0 Å². The number of hydrogen-bond donors (Lipinski definition) is 0. The highest BCUT2D eigenvalue weighted by atomic mass is 14.2. The highest BCUT2D eigenvalue weighted by molar-refractivity contribution is 6.26. The summed E-state index contributed by atoms with van der Waals surface area (Å²) in [7, 11) is 0. The Morgan fingerprint density at radius 3 is 1.17 bits per heavy atom. The first-order chi connectivity index (χ1) is 24.9. The summed E-state index contributed by atoms with van der Waals surface area (Å²) < 4.78 is 42.3. The first-order valence-electron chi connectivity index (χ1n) is 18.0. The molecular formula is C46H30. The fourth-order valence-electron chi connectivity index (χ4n) is 7.23. The Bertz CT molecular complexity index is 2770. The Labute approximate surface area is 275 Å². The molecule has 0 saturated carbocycles. The second-order valence-electron chi connectivity index (χ2n) is 11.6. The summed E-state index contributed by atoms with van der Waals surface area (Å²) in [6.45, 7) is 0. The fraction of sp³-hybridized carbons (Fsp3) is 0. The number of rotatable bonds is 4. The quantitative estimate of drug-likeness (QED) is 0.180. The molecule has 0 N–H and O–H groups in total. The van der Waals surface area contributed by atoms with Crippen LogP contribution in [-0.2, 0) is 0 Å². The zero-order chi connectivity index (χ0) is 34.8. The summed E-state index contributed by atoms with van der Waals surface area (Å²) >= 11 is 0. The van der Waals surface area contributed by atoms with E-state index in [2.05, 4.69) is 121 Å². The summed E-state index contributed by atoms with van der Waals surface area (Å²) in [6.07, 6.45) is 0. The zero-order valence-electron chi connectivity index (χ0n) is 29.9. The second-order valence-corrected chi connectivity index (χ2v) is 11.6. The minimum Gasteiger partial charge on any atom is -0.0622 e. The Hall–Kier alpha value is -5.98. The summed E-state index contributed by atoms with van der Waals surface area (Å²) in [5, 5.41) is 8.68. The van der Waals surface area contributed by atoms with Crippen LogP contribution in [0.15, 0.2) is 182 Å². The van der Waals surface area contributed by atoms with Crippen molar-refractivity contribution in [1.29, 1.82) is 0 Å². The van der Waals surface area contributed by atoms with Crippen LogP contribution in [0.2, 0.25) is 0 Å². The van der Waals surface area contributed by atoms with Crippen LogP contribution in [-0.4, -0.2) is 0 Å². The highest BCUT2D eigenvalue weighted by Gasteiger charge is 2.20. The minimum absolute atomic E-state index is 0.204. The molecule has 0 bridgehead atoms. The minimum atomic E-state index is -0.393. The molecule has 0 unspecified atom stereocenters. The molecule has 0 amide bonds. The van der Waals surface area contributed by atoms with Gasteiger partial charge in [0.2, 0.25) is 0 Å². The van der Waals surface area contributed by atoms with Gasteiger partial charge in [-0.2, -0.15) is 0 Å². The van der Waals surface area contributed by atoms with Gasteiger partial charge in [-0.1, -0.05) is 182 Å². The maximum absolute atomic E-state index is 8.73. The van der Waals surface area contributed by atoms with E-state index in [0.29, 0.717) is 5.56 Å². The molecule has 0 aliphatic carbocycles. The average Bonchev–Trinajstić information content (AvgIpc) is 3.18. The largest absolute Gasteiger partial charge is 0.0629 e. The summed E-state index contributed by atoms with van der Waals surface area (Å²) in [5.41, 5.74) is 7.67. The molecule has 214 valence electrons. The van der Waals surface area contributed by atoms with Gasteiger partial charge in [-0.3, -0.25) is 0 Å². The van der Waals surface area contributed by atoms with Gasteiger partial charge in [0.05, 0.1) is 6.85 Å². The first kappa shape index (κ1) is 21.7. The van der Waals surface area contributed by atoms with E-state index in [1.165, 1.54) is 33.0 Å². The number of benzene rings is 9. The first-order valence-corrected chi connectivity index (χ1v) is 15.5. The van der Waals surface area contributed by atoms with Crippen molar-refractivity contribution >= 4 is 43.1 Å². The maximum Gasteiger partial charge on any atom is 0.0629 e. The Kier molecular flexibility index (Phi) is 5.12. The van der Waals surface area contributed by atoms with Crippen LogP contribution < -0.4 is 0 Å². The SMILES string of the molecule is [2H]c1c([2H])c([2H])c(-c2cccc3c(-c4c5ccccc5c(-c5ccc(-c6ccccc6)c6ccccc56)c5ccccc45)cccc23)c([2H])c1[2H]. The van der Waals surface area contributed by atoms with E-state index in [4.69, 9.17) is 6.85 Å². The molecule has 0 aliphatic heterocycles. The molecule has 46 heavy (non-hydrogen) atoms. The van der Waals surface area contributed by atoms with Crippen molar-refractivity contribution < 1.29 is 6.85 Å². The molecule has 0 aliphatic rings. The smallest absolute Gasteiger partial charge is 0.0622 e. The molecular weight excluding hydrogens is 553 g/mol. The predicted molar refractivity (Wildman–Crippen MR) is 198 cm³/mol. The van der Waals surface area contributed by atoms with Crippen LogP contribution in [0.1, 0.15) is 6.85 Å². The van der Waals surface area contributed by atoms with E-state index in [1.807, 2.05) is 30.3 Å². The van der Waals surface area contributed by atoms with E-state index in [1.54, 1.807) is 0 Å². The van der Waals surface area contributed by atoms with Crippen molar-refractivity contribution in [3.05, 3.63) is 182 Å². The lowest BCUT2D eigenvalue weighted by Gasteiger charge is -2.20. The van der Waals surface area contributed by atoms with Crippen LogP contribution in [0.5, 0.6) is 0 Å². The zero-order valence-corrected chi connectivity index (χ0v) is 24.9. The highest BCUT2D eigenvalue weighted by Crippen LogP contribution is 2.48. The molecule has 0 heterocycles. The van der Waals surface area contributed by atoms with Crippen molar-refractivity contribution in [2.24, 2.45) is 0 Å². The summed E-state index contributed by atoms with van der Waals surface area (Å²) in [4.78, 5) is 0. The second kappa shape index (κ2) is 10.9. The van der Waals surface area contributed by atoms with Crippen LogP contribution in [0.3, 0.4) is 0 Å². The van der Waals surface area contributed by atoms with Gasteiger partial charge in [-0.15, -0.1) is 0 Å². The summed E-state index contributed by atoms with van der Waals surface area (Å²) in [5.74, 6) is 0. The topological polar surface area (TPSA) is 0 Å². The van der Waals surface area contributed by atoms with Crippen LogP contribution >= 0.6 is 0 Å². The van der Waals surface area contributed by atoms with E-state index in [0.717, 1.165) is 43.4 Å². The van der Waals surface area contributed by atoms with Crippen molar-refractivity contribution in [1.82, 2.24) is 0 Å². The van der Waals surface area contributed by atoms with Crippen molar-refractivity contribution in [2.75, 3.05) is 0 Å². The molecule has 0 heteroatoms. The third kappa shape index (κ3) is 4.15. The van der Waals surface area contributed by atoms with Gasteiger partial charge in [-0.25, -0.2) is 0 Å². The van der Waals surface area contributed by atoms with E-state index < -0.39 is 6.04 Å². The molecule has 0 fully saturated rings. The Balaban J connectivity index is 1.36. The Morgan fingerprint density at radius 1 is 0.261 bits per heavy atom. The van der Waals surface area contributed by atoms with E-state index >= 15 is 0 Å². The lowest BCUT2D eigenvalue weighted by Crippen LogP contribution is -1.93. The normalized spacial score (nSPS) is 13.0. The van der Waals surface area contributed by atoms with Crippen molar-refractivity contribution in [3.63, 3.8) is 0 Å². The molecule has 9 aromatic carbocycles. The molecule has 0 saturated heterocycles. The number of fused-ring (bicyclic) bond motifs is 4. The molecule has 9 rings (SSSR count). The van der Waals surface area contributed by atoms with Crippen LogP contribution in [0.25, 0.3) is 87.6 Å². The lowest BCUT2D eigenvalue weighted by molar-refractivity contribution is 1.64. The molecule has 0 radical (unpaired) electrons. The predicted octanol–water partition coefficient (Wildman–Crippen LogP) is 13.0. The van der Waals surface area contributed by atoms with E-state index in [9.17, 15) is 0 Å². The Morgan fingerprint density at radius 2 is 0.630 bits per heavy atom. The van der Waals surface area contributed by atoms with Gasteiger partial charge in [0.15, 0.2) is 0 Å². The fourth-order valence-corrected chi connectivity index (χ4v) is 7.23. The van der Waals surface area contributed by atoms with Gasteiger partial charge in [-0.05, 0) is 87.6 Å². The molecule has 0 atom stereocenters. The van der Waals surface area contributed by atoms with Crippen LogP contribution in [0, 0.1) is 0 Å². The van der Waals surface area contributed by atoms with Gasteiger partial charge in [0, 0.05) is 0 Å². The molecule has 0 nitrogen and oxygen atoms in total. The third-order valence-corrected chi connectivity index (χ3v) is 9.17. The molecule has 0 spiro atoms. The van der Waals surface area contributed by atoms with Gasteiger partial charge in [0.25, 0.3) is 0 Å².